The van der Waals surface area contributed by atoms with Gasteiger partial charge in [-0.25, -0.2) is 14.8 Å². The first-order valence-electron chi connectivity index (χ1n) is 11.5. The summed E-state index contributed by atoms with van der Waals surface area (Å²) in [6, 6.07) is 7.08. The molecule has 3 aromatic rings. The molecular formula is C25H33N3O4Si. The number of nitrogens with zero attached hydrogens (tertiary/aromatic N) is 3. The highest BCUT2D eigenvalue weighted by atomic mass is 28.3. The molecule has 0 radical (unpaired) electrons. The Labute approximate surface area is 195 Å². The van der Waals surface area contributed by atoms with Crippen molar-refractivity contribution >= 4 is 25.1 Å². The van der Waals surface area contributed by atoms with Gasteiger partial charge >= 0.3 is 5.97 Å². The summed E-state index contributed by atoms with van der Waals surface area (Å²) in [6.07, 6.45) is 3.85. The number of aromatic carboxylic acids is 1. The van der Waals surface area contributed by atoms with E-state index in [0.717, 1.165) is 22.9 Å². The molecule has 0 amide bonds. The van der Waals surface area contributed by atoms with Crippen molar-refractivity contribution in [3.8, 4) is 17.0 Å². The van der Waals surface area contributed by atoms with E-state index in [4.69, 9.17) is 9.47 Å². The molecule has 1 aliphatic rings. The Morgan fingerprint density at radius 3 is 2.64 bits per heavy atom. The zero-order chi connectivity index (χ0) is 23.8. The molecule has 1 fully saturated rings. The van der Waals surface area contributed by atoms with E-state index in [2.05, 4.69) is 29.6 Å². The molecule has 4 rings (SSSR count). The van der Waals surface area contributed by atoms with Crippen LogP contribution < -0.4 is 4.74 Å². The molecule has 1 aromatic carbocycles. The molecule has 1 aliphatic carbocycles. The molecule has 33 heavy (non-hydrogen) atoms. The van der Waals surface area contributed by atoms with Crippen LogP contribution in [-0.2, 0) is 11.5 Å². The first-order chi connectivity index (χ1) is 15.7. The lowest BCUT2D eigenvalue weighted by atomic mass is 10.1. The van der Waals surface area contributed by atoms with Gasteiger partial charge in [-0.3, -0.25) is 0 Å². The molecule has 0 unspecified atom stereocenters. The molecule has 1 N–H and O–H groups in total. The van der Waals surface area contributed by atoms with Crippen molar-refractivity contribution in [1.82, 2.24) is 14.5 Å². The topological polar surface area (TPSA) is 86.5 Å². The predicted molar refractivity (Wildman–Crippen MR) is 132 cm³/mol. The molecule has 1 saturated carbocycles. The maximum Gasteiger partial charge on any atom is 0.339 e. The zero-order valence-electron chi connectivity index (χ0n) is 20.1. The van der Waals surface area contributed by atoms with Crippen LogP contribution in [0.25, 0.3) is 22.3 Å². The van der Waals surface area contributed by atoms with Gasteiger partial charge < -0.3 is 19.1 Å². The first kappa shape index (κ1) is 23.4. The van der Waals surface area contributed by atoms with Crippen LogP contribution in [0.15, 0.2) is 24.5 Å². The van der Waals surface area contributed by atoms with Crippen LogP contribution >= 0.6 is 0 Å². The quantitative estimate of drug-likeness (QED) is 0.312. The van der Waals surface area contributed by atoms with Crippen LogP contribution in [0.5, 0.6) is 5.75 Å². The van der Waals surface area contributed by atoms with Crippen molar-refractivity contribution < 1.29 is 19.4 Å². The fourth-order valence-corrected chi connectivity index (χ4v) is 4.64. The number of hydrogen-bond donors (Lipinski definition) is 1. The predicted octanol–water partition coefficient (Wildman–Crippen LogP) is 5.51. The maximum atomic E-state index is 12.1. The first-order valence-corrected chi connectivity index (χ1v) is 15.2. The van der Waals surface area contributed by atoms with Gasteiger partial charge in [-0.05, 0) is 50.8 Å². The van der Waals surface area contributed by atoms with Gasteiger partial charge in [0.25, 0.3) is 0 Å². The van der Waals surface area contributed by atoms with Gasteiger partial charge in [0, 0.05) is 25.9 Å². The molecule has 0 atom stereocenters. The van der Waals surface area contributed by atoms with E-state index >= 15 is 0 Å². The van der Waals surface area contributed by atoms with Gasteiger partial charge in [-0.1, -0.05) is 31.3 Å². The van der Waals surface area contributed by atoms with Crippen LogP contribution in [0, 0.1) is 19.8 Å². The highest BCUT2D eigenvalue weighted by Gasteiger charge is 2.26. The van der Waals surface area contributed by atoms with Crippen molar-refractivity contribution in [3.63, 3.8) is 0 Å². The third-order valence-electron chi connectivity index (χ3n) is 6.09. The normalized spacial score (nSPS) is 14.1. The summed E-state index contributed by atoms with van der Waals surface area (Å²) in [5.74, 6) is 0.376. The smallest absolute Gasteiger partial charge is 0.339 e. The van der Waals surface area contributed by atoms with Gasteiger partial charge in [0.2, 0.25) is 0 Å². The lowest BCUT2D eigenvalue weighted by Gasteiger charge is -2.17. The van der Waals surface area contributed by atoms with E-state index in [0.29, 0.717) is 41.6 Å². The Hall–Kier alpha value is -2.71. The van der Waals surface area contributed by atoms with E-state index in [9.17, 15) is 9.90 Å². The number of fused-ring (bicyclic) bond motifs is 1. The number of carbonyl (C=O) groups is 1. The van der Waals surface area contributed by atoms with Gasteiger partial charge in [-0.15, -0.1) is 0 Å². The van der Waals surface area contributed by atoms with Gasteiger partial charge in [0.1, 0.15) is 35.6 Å². The van der Waals surface area contributed by atoms with Crippen molar-refractivity contribution in [3.05, 3.63) is 41.3 Å². The lowest BCUT2D eigenvalue weighted by Crippen LogP contribution is -2.22. The Morgan fingerprint density at radius 1 is 1.21 bits per heavy atom. The lowest BCUT2D eigenvalue weighted by molar-refractivity contribution is 0.0694. The van der Waals surface area contributed by atoms with Crippen LogP contribution in [-0.4, -0.2) is 46.9 Å². The monoisotopic (exact) mass is 467 g/mol. The summed E-state index contributed by atoms with van der Waals surface area (Å²) < 4.78 is 14.1. The number of ether oxygens (including phenoxy) is 2. The molecule has 0 spiro atoms. The molecule has 0 aliphatic heterocycles. The number of rotatable bonds is 10. The van der Waals surface area contributed by atoms with E-state index in [-0.39, 0.29) is 12.3 Å². The molecule has 176 valence electrons. The Balaban J connectivity index is 1.80. The Kier molecular flexibility index (Phi) is 6.58. The largest absolute Gasteiger partial charge is 0.493 e. The van der Waals surface area contributed by atoms with Crippen LogP contribution in [0.2, 0.25) is 25.7 Å². The minimum absolute atomic E-state index is 0.190. The maximum absolute atomic E-state index is 12.1. The minimum atomic E-state index is -1.24. The van der Waals surface area contributed by atoms with E-state index in [1.165, 1.54) is 19.2 Å². The van der Waals surface area contributed by atoms with Gasteiger partial charge in [-0.2, -0.15) is 0 Å². The fraction of sp³-hybridized carbons (Fsp3) is 0.480. The summed E-state index contributed by atoms with van der Waals surface area (Å²) in [5.41, 5.74) is 4.49. The molecule has 8 heteroatoms. The molecule has 0 saturated heterocycles. The number of carboxylic acids is 1. The van der Waals surface area contributed by atoms with E-state index in [1.54, 1.807) is 6.92 Å². The van der Waals surface area contributed by atoms with E-state index < -0.39 is 14.0 Å². The number of aromatic nitrogens is 3. The van der Waals surface area contributed by atoms with Crippen molar-refractivity contribution in [2.75, 3.05) is 13.2 Å². The molecule has 0 bridgehead atoms. The van der Waals surface area contributed by atoms with Crippen molar-refractivity contribution in [1.29, 1.82) is 0 Å². The molecular weight excluding hydrogens is 434 g/mol. The molecule has 2 heterocycles. The number of aryl methyl sites for hydroxylation is 1. The standard InChI is InChI=1S/C25H33N3O4Si/c1-16-6-9-20(32-13-18-7-8-18)19(12-16)22-24-23(27-14-26-22)21(25(29)30)17(2)28(24)15-31-10-11-33(3,4)5/h6,9,12,14,18H,7-8,10-11,13,15H2,1-5H3,(H,29,30). The SMILES string of the molecule is Cc1ccc(OCC2CC2)c(-c2ncnc3c(C(=O)O)c(C)n(COCC[Si](C)(C)C)c23)c1. The minimum Gasteiger partial charge on any atom is -0.493 e. The average molecular weight is 468 g/mol. The van der Waals surface area contributed by atoms with Crippen molar-refractivity contribution in [2.45, 2.75) is 59.1 Å². The second kappa shape index (κ2) is 9.27. The van der Waals surface area contributed by atoms with Gasteiger partial charge in [0.05, 0.1) is 12.1 Å². The third-order valence-corrected chi connectivity index (χ3v) is 7.79. The third kappa shape index (κ3) is 5.28. The number of benzene rings is 1. The number of hydrogen-bond acceptors (Lipinski definition) is 5. The summed E-state index contributed by atoms with van der Waals surface area (Å²) in [5, 5.41) is 9.93. The second-order valence-corrected chi connectivity index (χ2v) is 15.8. The Morgan fingerprint density at radius 2 is 1.97 bits per heavy atom. The van der Waals surface area contributed by atoms with Gasteiger partial charge in [0.15, 0.2) is 0 Å². The summed E-state index contributed by atoms with van der Waals surface area (Å²) in [4.78, 5) is 21.1. The Bertz CT molecular complexity index is 1180. The number of carboxylic acid groups (broad SMARTS) is 1. The summed E-state index contributed by atoms with van der Waals surface area (Å²) in [7, 11) is -1.24. The van der Waals surface area contributed by atoms with Crippen molar-refractivity contribution in [2.24, 2.45) is 5.92 Å². The summed E-state index contributed by atoms with van der Waals surface area (Å²) >= 11 is 0. The second-order valence-electron chi connectivity index (χ2n) is 10.2. The highest BCUT2D eigenvalue weighted by molar-refractivity contribution is 6.76. The summed E-state index contributed by atoms with van der Waals surface area (Å²) in [6.45, 7) is 12.3. The van der Waals surface area contributed by atoms with Crippen LogP contribution in [0.3, 0.4) is 0 Å². The zero-order valence-corrected chi connectivity index (χ0v) is 21.1. The fourth-order valence-electron chi connectivity index (χ4n) is 3.89. The molecule has 7 nitrogen and oxygen atoms in total. The van der Waals surface area contributed by atoms with Crippen LogP contribution in [0.1, 0.15) is 34.5 Å². The molecule has 2 aromatic heterocycles. The van der Waals surface area contributed by atoms with Crippen LogP contribution in [0.4, 0.5) is 0 Å². The highest BCUT2D eigenvalue weighted by Crippen LogP contribution is 2.38. The average Bonchev–Trinajstić information content (AvgIpc) is 3.52. The van der Waals surface area contributed by atoms with E-state index in [1.807, 2.05) is 29.7 Å².